The number of nitrogens with zero attached hydrogens (tertiary/aromatic N) is 2. The maximum Gasteiger partial charge on any atom is 0.339 e. The van der Waals surface area contributed by atoms with Crippen molar-refractivity contribution in [2.24, 2.45) is 0 Å². The van der Waals surface area contributed by atoms with E-state index < -0.39 is 0 Å². The summed E-state index contributed by atoms with van der Waals surface area (Å²) in [6.07, 6.45) is 2.25. The van der Waals surface area contributed by atoms with Crippen LogP contribution in [0.1, 0.15) is 40.5 Å². The molecular formula is C23H18N2O3. The summed E-state index contributed by atoms with van der Waals surface area (Å²) in [5, 5.41) is 4.82. The molecule has 0 spiro atoms. The van der Waals surface area contributed by atoms with Gasteiger partial charge in [-0.05, 0) is 25.0 Å². The maximum absolute atomic E-state index is 12.8. The Morgan fingerprint density at radius 1 is 1.04 bits per heavy atom. The predicted octanol–water partition coefficient (Wildman–Crippen LogP) is 5.12. The molecular weight excluding hydrogens is 352 g/mol. The van der Waals surface area contributed by atoms with Crippen molar-refractivity contribution in [3.8, 4) is 11.3 Å². The number of fused-ring (bicyclic) bond motifs is 1. The quantitative estimate of drug-likeness (QED) is 0.456. The molecule has 0 atom stereocenters. The molecule has 2 aromatic carbocycles. The van der Waals surface area contributed by atoms with Crippen molar-refractivity contribution < 1.29 is 14.1 Å². The van der Waals surface area contributed by atoms with Crippen molar-refractivity contribution in [1.82, 2.24) is 10.1 Å². The van der Waals surface area contributed by atoms with Gasteiger partial charge in [0.25, 0.3) is 0 Å². The summed E-state index contributed by atoms with van der Waals surface area (Å²) in [7, 11) is 0. The Morgan fingerprint density at radius 2 is 1.82 bits per heavy atom. The van der Waals surface area contributed by atoms with Gasteiger partial charge < -0.3 is 9.26 Å². The van der Waals surface area contributed by atoms with Crippen molar-refractivity contribution in [3.63, 3.8) is 0 Å². The molecule has 0 bridgehead atoms. The molecule has 0 N–H and O–H groups in total. The van der Waals surface area contributed by atoms with E-state index in [1.807, 2.05) is 60.7 Å². The van der Waals surface area contributed by atoms with Gasteiger partial charge in [0.05, 0.1) is 11.1 Å². The zero-order valence-corrected chi connectivity index (χ0v) is 15.2. The average molecular weight is 370 g/mol. The third-order valence-electron chi connectivity index (χ3n) is 4.92. The molecule has 0 radical (unpaired) electrons. The lowest BCUT2D eigenvalue weighted by atomic mass is 10.1. The van der Waals surface area contributed by atoms with Crippen LogP contribution >= 0.6 is 0 Å². The number of rotatable bonds is 5. The van der Waals surface area contributed by atoms with Crippen LogP contribution < -0.4 is 0 Å². The SMILES string of the molecule is O=C(OCc1cc(-c2ccccc2)on1)c1cc(C2CC2)nc2ccccc12. The second kappa shape index (κ2) is 6.93. The molecule has 28 heavy (non-hydrogen) atoms. The average Bonchev–Trinajstić information content (AvgIpc) is 3.49. The van der Waals surface area contributed by atoms with Gasteiger partial charge in [-0.1, -0.05) is 53.7 Å². The normalized spacial score (nSPS) is 13.6. The lowest BCUT2D eigenvalue weighted by Crippen LogP contribution is -2.08. The molecule has 0 unspecified atom stereocenters. The topological polar surface area (TPSA) is 65.2 Å². The third-order valence-corrected chi connectivity index (χ3v) is 4.92. The second-order valence-corrected chi connectivity index (χ2v) is 7.01. The standard InChI is InChI=1S/C23H18N2O3/c26-23(27-14-17-12-22(28-25-17)16-6-2-1-3-7-16)19-13-21(15-10-11-15)24-20-9-5-4-8-18(19)20/h1-9,12-13,15H,10-11,14H2. The number of pyridine rings is 1. The van der Waals surface area contributed by atoms with Gasteiger partial charge >= 0.3 is 5.97 Å². The Bertz CT molecular complexity index is 1150. The summed E-state index contributed by atoms with van der Waals surface area (Å²) in [6, 6.07) is 21.0. The van der Waals surface area contributed by atoms with Gasteiger partial charge in [-0.15, -0.1) is 0 Å². The predicted molar refractivity (Wildman–Crippen MR) is 105 cm³/mol. The number of ether oxygens (including phenoxy) is 1. The summed E-state index contributed by atoms with van der Waals surface area (Å²) < 4.78 is 10.9. The number of carbonyl (C=O) groups excluding carboxylic acids is 1. The number of carbonyl (C=O) groups is 1. The van der Waals surface area contributed by atoms with Gasteiger partial charge in [-0.25, -0.2) is 4.79 Å². The van der Waals surface area contributed by atoms with Crippen molar-refractivity contribution >= 4 is 16.9 Å². The van der Waals surface area contributed by atoms with Gasteiger partial charge in [-0.2, -0.15) is 0 Å². The summed E-state index contributed by atoms with van der Waals surface area (Å²) in [5.74, 6) is 0.738. The van der Waals surface area contributed by atoms with Gasteiger partial charge in [-0.3, -0.25) is 4.98 Å². The fraction of sp³-hybridized carbons (Fsp3) is 0.174. The summed E-state index contributed by atoms with van der Waals surface area (Å²) >= 11 is 0. The third kappa shape index (κ3) is 3.27. The zero-order valence-electron chi connectivity index (χ0n) is 15.2. The Hall–Kier alpha value is -3.47. The molecule has 1 fully saturated rings. The Labute approximate surface area is 162 Å². The Kier molecular flexibility index (Phi) is 4.13. The largest absolute Gasteiger partial charge is 0.455 e. The van der Waals surface area contributed by atoms with Crippen LogP contribution in [0.4, 0.5) is 0 Å². The molecule has 0 aliphatic heterocycles. The number of esters is 1. The number of benzene rings is 2. The highest BCUT2D eigenvalue weighted by molar-refractivity contribution is 6.03. The number of para-hydroxylation sites is 1. The van der Waals surface area contributed by atoms with Crippen LogP contribution in [0.25, 0.3) is 22.2 Å². The van der Waals surface area contributed by atoms with Crippen LogP contribution in [-0.4, -0.2) is 16.1 Å². The van der Waals surface area contributed by atoms with E-state index in [1.165, 1.54) is 0 Å². The van der Waals surface area contributed by atoms with E-state index in [1.54, 1.807) is 6.07 Å². The second-order valence-electron chi connectivity index (χ2n) is 7.01. The first-order chi connectivity index (χ1) is 13.8. The molecule has 5 nitrogen and oxygen atoms in total. The minimum absolute atomic E-state index is 0.0601. The van der Waals surface area contributed by atoms with Crippen LogP contribution in [0.3, 0.4) is 0 Å². The first-order valence-corrected chi connectivity index (χ1v) is 9.36. The van der Waals surface area contributed by atoms with Gasteiger partial charge in [0.2, 0.25) is 0 Å². The van der Waals surface area contributed by atoms with Crippen molar-refractivity contribution in [3.05, 3.63) is 83.7 Å². The maximum atomic E-state index is 12.8. The van der Waals surface area contributed by atoms with Gasteiger partial charge in [0.15, 0.2) is 5.76 Å². The van der Waals surface area contributed by atoms with E-state index in [4.69, 9.17) is 14.2 Å². The van der Waals surface area contributed by atoms with E-state index in [-0.39, 0.29) is 12.6 Å². The minimum Gasteiger partial charge on any atom is -0.455 e. The van der Waals surface area contributed by atoms with Gasteiger partial charge in [0.1, 0.15) is 12.3 Å². The molecule has 1 aliphatic rings. The summed E-state index contributed by atoms with van der Waals surface area (Å²) in [5.41, 5.74) is 3.86. The fourth-order valence-corrected chi connectivity index (χ4v) is 3.29. The van der Waals surface area contributed by atoms with Crippen LogP contribution in [-0.2, 0) is 11.3 Å². The van der Waals surface area contributed by atoms with Crippen LogP contribution in [0.5, 0.6) is 0 Å². The van der Waals surface area contributed by atoms with Crippen LogP contribution in [0, 0.1) is 0 Å². The van der Waals surface area contributed by atoms with E-state index >= 15 is 0 Å². The molecule has 138 valence electrons. The highest BCUT2D eigenvalue weighted by atomic mass is 16.5. The molecule has 4 aromatic rings. The molecule has 0 amide bonds. The molecule has 2 aromatic heterocycles. The molecule has 5 heteroatoms. The van der Waals surface area contributed by atoms with E-state index in [0.29, 0.717) is 22.9 Å². The van der Waals surface area contributed by atoms with E-state index in [2.05, 4.69) is 5.16 Å². The highest BCUT2D eigenvalue weighted by Crippen LogP contribution is 2.40. The van der Waals surface area contributed by atoms with Gasteiger partial charge in [0, 0.05) is 28.6 Å². The van der Waals surface area contributed by atoms with Crippen molar-refractivity contribution in [1.29, 1.82) is 0 Å². The summed E-state index contributed by atoms with van der Waals surface area (Å²) in [6.45, 7) is 0.0601. The Balaban J connectivity index is 1.37. The molecule has 1 saturated carbocycles. The number of hydrogen-bond donors (Lipinski definition) is 0. The molecule has 0 saturated heterocycles. The molecule has 5 rings (SSSR count). The van der Waals surface area contributed by atoms with E-state index in [0.717, 1.165) is 35.0 Å². The van der Waals surface area contributed by atoms with Crippen LogP contribution in [0.2, 0.25) is 0 Å². The lowest BCUT2D eigenvalue weighted by molar-refractivity contribution is 0.0466. The first-order valence-electron chi connectivity index (χ1n) is 9.36. The van der Waals surface area contributed by atoms with Crippen molar-refractivity contribution in [2.75, 3.05) is 0 Å². The minimum atomic E-state index is -0.371. The zero-order chi connectivity index (χ0) is 18.9. The molecule has 2 heterocycles. The highest BCUT2D eigenvalue weighted by Gasteiger charge is 2.27. The van der Waals surface area contributed by atoms with E-state index in [9.17, 15) is 4.79 Å². The lowest BCUT2D eigenvalue weighted by Gasteiger charge is -2.09. The smallest absolute Gasteiger partial charge is 0.339 e. The summed E-state index contributed by atoms with van der Waals surface area (Å²) in [4.78, 5) is 17.5. The number of hydrogen-bond acceptors (Lipinski definition) is 5. The Morgan fingerprint density at radius 3 is 2.64 bits per heavy atom. The first kappa shape index (κ1) is 16.7. The molecule has 1 aliphatic carbocycles. The monoisotopic (exact) mass is 370 g/mol. The van der Waals surface area contributed by atoms with Crippen LogP contribution in [0.15, 0.2) is 71.3 Å². The number of aromatic nitrogens is 2. The van der Waals surface area contributed by atoms with Crippen molar-refractivity contribution in [2.45, 2.75) is 25.4 Å². The fourth-order valence-electron chi connectivity index (χ4n) is 3.29.